The van der Waals surface area contributed by atoms with Gasteiger partial charge in [-0.3, -0.25) is 0 Å². The van der Waals surface area contributed by atoms with Gasteiger partial charge < -0.3 is 10.1 Å². The first-order chi connectivity index (χ1) is 8.72. The maximum absolute atomic E-state index is 5.79. The lowest BCUT2D eigenvalue weighted by Crippen LogP contribution is -1.99. The molecule has 2 rings (SSSR count). The van der Waals surface area contributed by atoms with Gasteiger partial charge in [-0.15, -0.1) is 11.3 Å². The Morgan fingerprint density at radius 1 is 1.56 bits per heavy atom. The molecule has 2 aromatic rings. The molecule has 1 aromatic carbocycles. The van der Waals surface area contributed by atoms with E-state index in [1.165, 1.54) is 11.3 Å². The van der Waals surface area contributed by atoms with Crippen molar-refractivity contribution in [2.24, 2.45) is 0 Å². The molecule has 0 fully saturated rings. The van der Waals surface area contributed by atoms with Crippen molar-refractivity contribution in [2.75, 3.05) is 12.4 Å². The number of rotatable bonds is 5. The predicted octanol–water partition coefficient (Wildman–Crippen LogP) is 4.06. The van der Waals surface area contributed by atoms with Crippen LogP contribution < -0.4 is 10.1 Å². The van der Waals surface area contributed by atoms with E-state index in [1.54, 1.807) is 19.4 Å². The molecule has 0 radical (unpaired) electrons. The maximum atomic E-state index is 5.79. The van der Waals surface area contributed by atoms with E-state index in [0.717, 1.165) is 21.9 Å². The molecule has 0 saturated carbocycles. The first-order valence-electron chi connectivity index (χ1n) is 5.37. The number of benzene rings is 1. The fourth-order valence-electron chi connectivity index (χ4n) is 1.55. The number of hydrogen-bond donors (Lipinski definition) is 1. The second-order valence-electron chi connectivity index (χ2n) is 3.59. The number of anilines is 1. The van der Waals surface area contributed by atoms with E-state index >= 15 is 0 Å². The Bertz CT molecular complexity index is 554. The summed E-state index contributed by atoms with van der Waals surface area (Å²) in [7, 11) is 1.65. The van der Waals surface area contributed by atoms with Gasteiger partial charge in [0.2, 0.25) is 0 Å². The van der Waals surface area contributed by atoms with Gasteiger partial charge in [-0.05, 0) is 18.2 Å². The lowest BCUT2D eigenvalue weighted by molar-refractivity contribution is 0.415. The van der Waals surface area contributed by atoms with Crippen LogP contribution in [0.15, 0.2) is 31.0 Å². The van der Waals surface area contributed by atoms with Gasteiger partial charge in [0.15, 0.2) is 4.47 Å². The van der Waals surface area contributed by atoms with Gasteiger partial charge in [0, 0.05) is 22.3 Å². The van der Waals surface area contributed by atoms with Gasteiger partial charge in [-0.1, -0.05) is 24.3 Å². The van der Waals surface area contributed by atoms with Crippen LogP contribution in [0.25, 0.3) is 6.08 Å². The molecule has 18 heavy (non-hydrogen) atoms. The average Bonchev–Trinajstić information content (AvgIpc) is 2.82. The summed E-state index contributed by atoms with van der Waals surface area (Å²) in [4.78, 5) is 5.09. The number of thiazole rings is 1. The molecule has 1 aromatic heterocycles. The van der Waals surface area contributed by atoms with E-state index < -0.39 is 0 Å². The molecule has 0 unspecified atom stereocenters. The number of aromatic nitrogens is 1. The van der Waals surface area contributed by atoms with Crippen molar-refractivity contribution in [2.45, 2.75) is 6.54 Å². The number of methoxy groups -OCH3 is 1. The van der Waals surface area contributed by atoms with Gasteiger partial charge >= 0.3 is 0 Å². The third-order valence-corrected chi connectivity index (χ3v) is 3.57. The first kappa shape index (κ1) is 12.9. The maximum Gasteiger partial charge on any atom is 0.183 e. The minimum absolute atomic E-state index is 0.561. The van der Waals surface area contributed by atoms with Crippen LogP contribution >= 0.6 is 22.9 Å². The molecule has 1 heterocycles. The van der Waals surface area contributed by atoms with Crippen LogP contribution in [0.1, 0.15) is 10.4 Å². The fourth-order valence-corrected chi connectivity index (χ4v) is 2.46. The van der Waals surface area contributed by atoms with Crippen molar-refractivity contribution < 1.29 is 4.74 Å². The largest absolute Gasteiger partial charge is 0.497 e. The van der Waals surface area contributed by atoms with Gasteiger partial charge in [0.25, 0.3) is 0 Å². The van der Waals surface area contributed by atoms with Crippen molar-refractivity contribution in [3.63, 3.8) is 0 Å². The summed E-state index contributed by atoms with van der Waals surface area (Å²) in [5.41, 5.74) is 2.01. The molecular formula is C13H13ClN2OS. The van der Waals surface area contributed by atoms with Gasteiger partial charge in [-0.25, -0.2) is 4.98 Å². The molecule has 94 valence electrons. The third-order valence-electron chi connectivity index (χ3n) is 2.46. The molecule has 0 aliphatic carbocycles. The van der Waals surface area contributed by atoms with Crippen molar-refractivity contribution in [3.8, 4) is 5.75 Å². The predicted molar refractivity (Wildman–Crippen MR) is 77.5 cm³/mol. The minimum Gasteiger partial charge on any atom is -0.497 e. The number of ether oxygens (including phenoxy) is 1. The minimum atomic E-state index is 0.561. The van der Waals surface area contributed by atoms with Crippen LogP contribution in [0.3, 0.4) is 0 Å². The first-order valence-corrected chi connectivity index (χ1v) is 6.57. The number of nitrogens with zero attached hydrogens (tertiary/aromatic N) is 1. The summed E-state index contributed by atoms with van der Waals surface area (Å²) >= 11 is 7.26. The van der Waals surface area contributed by atoms with E-state index in [4.69, 9.17) is 16.3 Å². The molecule has 1 N–H and O–H groups in total. The highest BCUT2D eigenvalue weighted by molar-refractivity contribution is 7.15. The molecule has 0 spiro atoms. The zero-order valence-electron chi connectivity index (χ0n) is 9.94. The highest BCUT2D eigenvalue weighted by atomic mass is 35.5. The Labute approximate surface area is 115 Å². The van der Waals surface area contributed by atoms with Crippen molar-refractivity contribution in [1.82, 2.24) is 4.98 Å². The molecule has 0 bridgehead atoms. The van der Waals surface area contributed by atoms with Gasteiger partial charge in [0.05, 0.1) is 13.7 Å². The second-order valence-corrected chi connectivity index (χ2v) is 5.29. The summed E-state index contributed by atoms with van der Waals surface area (Å²) in [5.74, 6) is 0.816. The SMILES string of the molecule is C=Cc1cc(OC)ccc1NCc1cnc(Cl)s1. The molecule has 0 aliphatic rings. The number of nitrogens with one attached hydrogen (secondary N) is 1. The topological polar surface area (TPSA) is 34.1 Å². The molecule has 5 heteroatoms. The summed E-state index contributed by atoms with van der Waals surface area (Å²) in [6, 6.07) is 5.82. The van der Waals surface area contributed by atoms with Crippen LogP contribution in [0.4, 0.5) is 5.69 Å². The second kappa shape index (κ2) is 5.89. The van der Waals surface area contributed by atoms with Crippen LogP contribution in [0.5, 0.6) is 5.75 Å². The Kier molecular flexibility index (Phi) is 4.23. The molecule has 0 atom stereocenters. The number of halogens is 1. The lowest BCUT2D eigenvalue weighted by atomic mass is 10.1. The zero-order valence-corrected chi connectivity index (χ0v) is 11.5. The summed E-state index contributed by atoms with van der Waals surface area (Å²) in [6.45, 7) is 4.49. The highest BCUT2D eigenvalue weighted by Crippen LogP contribution is 2.24. The summed E-state index contributed by atoms with van der Waals surface area (Å²) < 4.78 is 5.74. The Hall–Kier alpha value is -1.52. The van der Waals surface area contributed by atoms with Crippen LogP contribution in [0, 0.1) is 0 Å². The van der Waals surface area contributed by atoms with Gasteiger partial charge in [-0.2, -0.15) is 0 Å². The van der Waals surface area contributed by atoms with Gasteiger partial charge in [0.1, 0.15) is 5.75 Å². The van der Waals surface area contributed by atoms with Crippen LogP contribution in [-0.2, 0) is 6.54 Å². The smallest absolute Gasteiger partial charge is 0.183 e. The van der Waals surface area contributed by atoms with Crippen LogP contribution in [-0.4, -0.2) is 12.1 Å². The Balaban J connectivity index is 2.11. The molecule has 0 amide bonds. The van der Waals surface area contributed by atoms with Crippen molar-refractivity contribution in [3.05, 3.63) is 45.9 Å². The summed E-state index contributed by atoms with van der Waals surface area (Å²) in [6.07, 6.45) is 3.57. The summed E-state index contributed by atoms with van der Waals surface area (Å²) in [5, 5.41) is 3.33. The van der Waals surface area contributed by atoms with E-state index in [2.05, 4.69) is 16.9 Å². The normalized spacial score (nSPS) is 10.1. The van der Waals surface area contributed by atoms with E-state index in [-0.39, 0.29) is 0 Å². The monoisotopic (exact) mass is 280 g/mol. The Morgan fingerprint density at radius 3 is 3.00 bits per heavy atom. The molecular weight excluding hydrogens is 268 g/mol. The van der Waals surface area contributed by atoms with Crippen molar-refractivity contribution >= 4 is 34.7 Å². The standard InChI is InChI=1S/C13H13ClN2OS/c1-3-9-6-10(17-2)4-5-12(9)15-7-11-8-16-13(14)18-11/h3-6,8,15H,1,7H2,2H3. The van der Waals surface area contributed by atoms with E-state index in [0.29, 0.717) is 11.0 Å². The quantitative estimate of drug-likeness (QED) is 0.897. The van der Waals surface area contributed by atoms with Crippen LogP contribution in [0.2, 0.25) is 4.47 Å². The zero-order chi connectivity index (χ0) is 13.0. The third kappa shape index (κ3) is 3.03. The fraction of sp³-hybridized carbons (Fsp3) is 0.154. The highest BCUT2D eigenvalue weighted by Gasteiger charge is 2.03. The lowest BCUT2D eigenvalue weighted by Gasteiger charge is -2.10. The molecule has 0 saturated heterocycles. The van der Waals surface area contributed by atoms with Crippen molar-refractivity contribution in [1.29, 1.82) is 0 Å². The van der Waals surface area contributed by atoms with E-state index in [1.807, 2.05) is 18.2 Å². The molecule has 0 aliphatic heterocycles. The molecule has 3 nitrogen and oxygen atoms in total. The Morgan fingerprint density at radius 2 is 2.39 bits per heavy atom. The number of hydrogen-bond acceptors (Lipinski definition) is 4. The average molecular weight is 281 g/mol. The van der Waals surface area contributed by atoms with E-state index in [9.17, 15) is 0 Å².